The zero-order chi connectivity index (χ0) is 16.4. The van der Waals surface area contributed by atoms with Crippen molar-refractivity contribution in [2.24, 2.45) is 0 Å². The smallest absolute Gasteiger partial charge is 0.335 e. The molecule has 1 atom stereocenters. The zero-order valence-corrected chi connectivity index (χ0v) is 13.8. The van der Waals surface area contributed by atoms with Gasteiger partial charge in [-0.2, -0.15) is 0 Å². The second kappa shape index (κ2) is 6.34. The lowest BCUT2D eigenvalue weighted by Crippen LogP contribution is -2.22. The molecular formula is C18H22O4. The first kappa shape index (κ1) is 16.3. The molecule has 0 fully saturated rings. The van der Waals surface area contributed by atoms with E-state index in [0.717, 1.165) is 27.8 Å². The minimum Gasteiger partial charge on any atom is -0.465 e. The Morgan fingerprint density at radius 2 is 1.68 bits per heavy atom. The Morgan fingerprint density at radius 3 is 2.27 bits per heavy atom. The first-order valence-corrected chi connectivity index (χ1v) is 7.58. The molecule has 118 valence electrons. The Morgan fingerprint density at radius 1 is 1.05 bits per heavy atom. The highest BCUT2D eigenvalue weighted by atomic mass is 16.5. The van der Waals surface area contributed by atoms with E-state index in [0.29, 0.717) is 5.57 Å². The van der Waals surface area contributed by atoms with Crippen LogP contribution in [-0.2, 0) is 19.1 Å². The van der Waals surface area contributed by atoms with E-state index >= 15 is 0 Å². The van der Waals surface area contributed by atoms with Crippen LogP contribution in [0.5, 0.6) is 0 Å². The van der Waals surface area contributed by atoms with Crippen molar-refractivity contribution < 1.29 is 19.1 Å². The van der Waals surface area contributed by atoms with Gasteiger partial charge in [-0.3, -0.25) is 4.79 Å². The summed E-state index contributed by atoms with van der Waals surface area (Å²) in [4.78, 5) is 24.6. The van der Waals surface area contributed by atoms with Crippen LogP contribution < -0.4 is 0 Å². The number of rotatable bonds is 4. The summed E-state index contributed by atoms with van der Waals surface area (Å²) in [5.74, 6) is -1.54. The van der Waals surface area contributed by atoms with E-state index in [-0.39, 0.29) is 13.2 Å². The van der Waals surface area contributed by atoms with Crippen LogP contribution in [-0.4, -0.2) is 25.2 Å². The van der Waals surface area contributed by atoms with E-state index in [1.807, 2.05) is 26.8 Å². The SMILES string of the molecule is CCOC(=O)C1=Cc2cc(C)c(C)c(C)c2C1C(=O)OCC. The molecule has 0 saturated heterocycles. The molecule has 0 heterocycles. The minimum absolute atomic E-state index is 0.277. The normalized spacial score (nSPS) is 16.0. The molecule has 1 aliphatic carbocycles. The maximum atomic E-state index is 12.4. The van der Waals surface area contributed by atoms with E-state index in [2.05, 4.69) is 0 Å². The van der Waals surface area contributed by atoms with Gasteiger partial charge in [0, 0.05) is 0 Å². The summed E-state index contributed by atoms with van der Waals surface area (Å²) in [6, 6.07) is 2.01. The van der Waals surface area contributed by atoms with Gasteiger partial charge in [-0.05, 0) is 68.5 Å². The van der Waals surface area contributed by atoms with E-state index in [1.165, 1.54) is 0 Å². The molecule has 0 saturated carbocycles. The largest absolute Gasteiger partial charge is 0.465 e. The quantitative estimate of drug-likeness (QED) is 0.801. The summed E-state index contributed by atoms with van der Waals surface area (Å²) in [6.45, 7) is 10.1. The number of fused-ring (bicyclic) bond motifs is 1. The highest BCUT2D eigenvalue weighted by molar-refractivity contribution is 6.06. The Labute approximate surface area is 131 Å². The van der Waals surface area contributed by atoms with Crippen molar-refractivity contribution in [1.82, 2.24) is 0 Å². The Bertz CT molecular complexity index is 656. The van der Waals surface area contributed by atoms with Gasteiger partial charge in [0.1, 0.15) is 5.92 Å². The van der Waals surface area contributed by atoms with Gasteiger partial charge >= 0.3 is 11.9 Å². The highest BCUT2D eigenvalue weighted by Crippen LogP contribution is 2.41. The number of ether oxygens (including phenoxy) is 2. The first-order chi connectivity index (χ1) is 10.4. The summed E-state index contributed by atoms with van der Waals surface area (Å²) in [5.41, 5.74) is 5.44. The third-order valence-corrected chi connectivity index (χ3v) is 4.19. The van der Waals surface area contributed by atoms with Crippen molar-refractivity contribution >= 4 is 18.0 Å². The molecule has 0 radical (unpaired) electrons. The van der Waals surface area contributed by atoms with Gasteiger partial charge in [-0.15, -0.1) is 0 Å². The number of hydrogen-bond acceptors (Lipinski definition) is 4. The highest BCUT2D eigenvalue weighted by Gasteiger charge is 2.38. The van der Waals surface area contributed by atoms with Gasteiger partial charge in [0.15, 0.2) is 0 Å². The molecule has 0 aliphatic heterocycles. The van der Waals surface area contributed by atoms with E-state index in [9.17, 15) is 9.59 Å². The van der Waals surface area contributed by atoms with Gasteiger partial charge in [0.2, 0.25) is 0 Å². The number of esters is 2. The third kappa shape index (κ3) is 2.65. The van der Waals surface area contributed by atoms with Crippen LogP contribution in [0.25, 0.3) is 6.08 Å². The molecule has 4 nitrogen and oxygen atoms in total. The van der Waals surface area contributed by atoms with Crippen LogP contribution in [0.4, 0.5) is 0 Å². The van der Waals surface area contributed by atoms with Gasteiger partial charge in [0.25, 0.3) is 0 Å². The van der Waals surface area contributed by atoms with Crippen molar-refractivity contribution in [2.45, 2.75) is 40.5 Å². The third-order valence-electron chi connectivity index (χ3n) is 4.19. The average Bonchev–Trinajstić information content (AvgIpc) is 2.85. The Hall–Kier alpha value is -2.10. The molecule has 1 aromatic rings. The summed E-state index contributed by atoms with van der Waals surface area (Å²) in [7, 11) is 0. The molecule has 22 heavy (non-hydrogen) atoms. The monoisotopic (exact) mass is 302 g/mol. The second-order valence-electron chi connectivity index (χ2n) is 5.45. The molecule has 1 aliphatic rings. The zero-order valence-electron chi connectivity index (χ0n) is 13.8. The van der Waals surface area contributed by atoms with Crippen LogP contribution in [0.3, 0.4) is 0 Å². The molecule has 1 unspecified atom stereocenters. The Balaban J connectivity index is 2.57. The molecule has 2 rings (SSSR count). The minimum atomic E-state index is -0.687. The van der Waals surface area contributed by atoms with Crippen molar-refractivity contribution in [3.8, 4) is 0 Å². The van der Waals surface area contributed by atoms with Crippen LogP contribution in [0.1, 0.15) is 47.6 Å². The van der Waals surface area contributed by atoms with Crippen molar-refractivity contribution in [3.63, 3.8) is 0 Å². The van der Waals surface area contributed by atoms with Gasteiger partial charge in [-0.25, -0.2) is 4.79 Å². The summed E-state index contributed by atoms with van der Waals surface area (Å²) in [5, 5.41) is 0. The van der Waals surface area contributed by atoms with E-state index in [4.69, 9.17) is 9.47 Å². The molecule has 0 bridgehead atoms. The van der Waals surface area contributed by atoms with Crippen LogP contribution >= 0.6 is 0 Å². The van der Waals surface area contributed by atoms with Crippen LogP contribution in [0, 0.1) is 20.8 Å². The molecule has 0 aromatic heterocycles. The summed E-state index contributed by atoms with van der Waals surface area (Å²) < 4.78 is 10.3. The molecule has 0 N–H and O–H groups in total. The summed E-state index contributed by atoms with van der Waals surface area (Å²) in [6.07, 6.45) is 1.76. The van der Waals surface area contributed by atoms with Crippen molar-refractivity contribution in [1.29, 1.82) is 0 Å². The topological polar surface area (TPSA) is 52.6 Å². The number of hydrogen-bond donors (Lipinski definition) is 0. The number of aryl methyl sites for hydroxylation is 1. The van der Waals surface area contributed by atoms with Crippen LogP contribution in [0.15, 0.2) is 11.6 Å². The lowest BCUT2D eigenvalue weighted by Gasteiger charge is -2.18. The Kier molecular flexibility index (Phi) is 4.69. The molecule has 1 aromatic carbocycles. The average molecular weight is 302 g/mol. The molecule has 4 heteroatoms. The number of carbonyl (C=O) groups excluding carboxylic acids is 2. The van der Waals surface area contributed by atoms with E-state index in [1.54, 1.807) is 19.9 Å². The van der Waals surface area contributed by atoms with Crippen LogP contribution in [0.2, 0.25) is 0 Å². The summed E-state index contributed by atoms with van der Waals surface area (Å²) >= 11 is 0. The maximum absolute atomic E-state index is 12.4. The maximum Gasteiger partial charge on any atom is 0.335 e. The van der Waals surface area contributed by atoms with Crippen molar-refractivity contribution in [3.05, 3.63) is 39.5 Å². The first-order valence-electron chi connectivity index (χ1n) is 7.58. The lowest BCUT2D eigenvalue weighted by atomic mass is 9.88. The van der Waals surface area contributed by atoms with E-state index < -0.39 is 17.9 Å². The number of carbonyl (C=O) groups is 2. The van der Waals surface area contributed by atoms with Gasteiger partial charge in [0.05, 0.1) is 18.8 Å². The fraction of sp³-hybridized carbons (Fsp3) is 0.444. The molecular weight excluding hydrogens is 280 g/mol. The molecule has 0 spiro atoms. The van der Waals surface area contributed by atoms with Crippen molar-refractivity contribution in [2.75, 3.05) is 13.2 Å². The van der Waals surface area contributed by atoms with Gasteiger partial charge < -0.3 is 9.47 Å². The standard InChI is InChI=1S/C18H22O4/c1-6-21-17(19)14-9-13-8-10(3)11(4)12(5)15(13)16(14)18(20)22-7-2/h8-9,16H,6-7H2,1-5H3. The van der Waals surface area contributed by atoms with Gasteiger partial charge in [-0.1, -0.05) is 6.07 Å². The fourth-order valence-electron chi connectivity index (χ4n) is 2.90. The number of benzene rings is 1. The molecule has 0 amide bonds. The predicted octanol–water partition coefficient (Wildman–Crippen LogP) is 3.22. The lowest BCUT2D eigenvalue weighted by molar-refractivity contribution is -0.147. The second-order valence-corrected chi connectivity index (χ2v) is 5.45. The predicted molar refractivity (Wildman–Crippen MR) is 84.6 cm³/mol. The fourth-order valence-corrected chi connectivity index (χ4v) is 2.90.